The van der Waals surface area contributed by atoms with Crippen LogP contribution in [0.1, 0.15) is 6.42 Å². The normalized spacial score (nSPS) is 27.8. The summed E-state index contributed by atoms with van der Waals surface area (Å²) < 4.78 is 5.36. The molecule has 1 atom stereocenters. The zero-order valence-corrected chi connectivity index (χ0v) is 7.19. The highest BCUT2D eigenvalue weighted by Gasteiger charge is 2.26. The van der Waals surface area contributed by atoms with Crippen LogP contribution >= 0.6 is 11.6 Å². The molecule has 2 aliphatic heterocycles. The standard InChI is InChI=1S/C8H9ClN2O/c9-5-3-7-8(11-4-5)6(10)1-2-12-7/h3-4,8,10-11H,1-2H2. The van der Waals surface area contributed by atoms with E-state index in [1.54, 1.807) is 12.3 Å². The highest BCUT2D eigenvalue weighted by atomic mass is 35.5. The summed E-state index contributed by atoms with van der Waals surface area (Å²) in [5, 5.41) is 11.3. The van der Waals surface area contributed by atoms with Gasteiger partial charge < -0.3 is 15.5 Å². The highest BCUT2D eigenvalue weighted by molar-refractivity contribution is 6.31. The third-order valence-electron chi connectivity index (χ3n) is 1.94. The van der Waals surface area contributed by atoms with E-state index in [2.05, 4.69) is 5.32 Å². The lowest BCUT2D eigenvalue weighted by atomic mass is 10.0. The molecule has 1 fully saturated rings. The average Bonchev–Trinajstić information content (AvgIpc) is 2.04. The summed E-state index contributed by atoms with van der Waals surface area (Å²) in [6.45, 7) is 0.590. The summed E-state index contributed by atoms with van der Waals surface area (Å²) in [7, 11) is 0. The fraction of sp³-hybridized carbons (Fsp3) is 0.375. The van der Waals surface area contributed by atoms with Crippen LogP contribution in [-0.2, 0) is 4.74 Å². The first-order valence-electron chi connectivity index (χ1n) is 3.81. The molecule has 0 aromatic carbocycles. The molecule has 64 valence electrons. The quantitative estimate of drug-likeness (QED) is 0.597. The van der Waals surface area contributed by atoms with Gasteiger partial charge in [-0.2, -0.15) is 0 Å². The van der Waals surface area contributed by atoms with E-state index in [-0.39, 0.29) is 6.04 Å². The molecule has 2 heterocycles. The smallest absolute Gasteiger partial charge is 0.126 e. The number of fused-ring (bicyclic) bond motifs is 1. The Morgan fingerprint density at radius 3 is 3.33 bits per heavy atom. The maximum Gasteiger partial charge on any atom is 0.126 e. The number of dihydropyridines is 1. The molecule has 0 spiro atoms. The van der Waals surface area contributed by atoms with Crippen LogP contribution in [0, 0.1) is 5.41 Å². The van der Waals surface area contributed by atoms with Crippen LogP contribution in [0.4, 0.5) is 0 Å². The van der Waals surface area contributed by atoms with Crippen molar-refractivity contribution in [1.82, 2.24) is 5.32 Å². The molecule has 0 saturated carbocycles. The van der Waals surface area contributed by atoms with E-state index >= 15 is 0 Å². The first kappa shape index (κ1) is 7.68. The third-order valence-corrected chi connectivity index (χ3v) is 2.16. The minimum absolute atomic E-state index is 0.0822. The zero-order valence-electron chi connectivity index (χ0n) is 6.43. The van der Waals surface area contributed by atoms with Crippen LogP contribution in [0.5, 0.6) is 0 Å². The molecule has 0 aromatic rings. The fourth-order valence-electron chi connectivity index (χ4n) is 1.33. The van der Waals surface area contributed by atoms with Crippen LogP contribution in [0.25, 0.3) is 0 Å². The van der Waals surface area contributed by atoms with Crippen LogP contribution < -0.4 is 5.32 Å². The molecule has 4 heteroatoms. The van der Waals surface area contributed by atoms with E-state index in [0.717, 1.165) is 5.76 Å². The molecule has 0 radical (unpaired) electrons. The maximum atomic E-state index is 7.62. The lowest BCUT2D eigenvalue weighted by molar-refractivity contribution is 0.189. The second-order valence-corrected chi connectivity index (χ2v) is 3.24. The number of hydrogen-bond acceptors (Lipinski definition) is 3. The van der Waals surface area contributed by atoms with Crippen molar-refractivity contribution in [2.75, 3.05) is 6.61 Å². The van der Waals surface area contributed by atoms with Gasteiger partial charge in [0.15, 0.2) is 0 Å². The Morgan fingerprint density at radius 2 is 2.50 bits per heavy atom. The Bertz CT molecular complexity index is 283. The topological polar surface area (TPSA) is 45.1 Å². The van der Waals surface area contributed by atoms with Gasteiger partial charge >= 0.3 is 0 Å². The van der Waals surface area contributed by atoms with E-state index in [1.165, 1.54) is 0 Å². The molecule has 1 unspecified atom stereocenters. The highest BCUT2D eigenvalue weighted by Crippen LogP contribution is 2.21. The Kier molecular flexibility index (Phi) is 1.81. The number of ether oxygens (including phenoxy) is 1. The van der Waals surface area contributed by atoms with Gasteiger partial charge in [0.1, 0.15) is 11.8 Å². The molecule has 0 aromatic heterocycles. The Labute approximate surface area is 75.6 Å². The second-order valence-electron chi connectivity index (χ2n) is 2.80. The molecule has 0 bridgehead atoms. The monoisotopic (exact) mass is 184 g/mol. The number of hydrogen-bond donors (Lipinski definition) is 2. The summed E-state index contributed by atoms with van der Waals surface area (Å²) in [4.78, 5) is 0. The van der Waals surface area contributed by atoms with Crippen molar-refractivity contribution in [3.8, 4) is 0 Å². The second kappa shape index (κ2) is 2.83. The third kappa shape index (κ3) is 1.20. The molecule has 0 amide bonds. The largest absolute Gasteiger partial charge is 0.495 e. The summed E-state index contributed by atoms with van der Waals surface area (Å²) in [6, 6.07) is -0.0822. The molecular formula is C8H9ClN2O. The minimum atomic E-state index is -0.0822. The molecule has 2 rings (SSSR count). The Morgan fingerprint density at radius 1 is 1.67 bits per heavy atom. The first-order chi connectivity index (χ1) is 5.77. The zero-order chi connectivity index (χ0) is 8.55. The van der Waals surface area contributed by atoms with Crippen molar-refractivity contribution in [1.29, 1.82) is 5.41 Å². The average molecular weight is 185 g/mol. The summed E-state index contributed by atoms with van der Waals surface area (Å²) in [6.07, 6.45) is 4.15. The van der Waals surface area contributed by atoms with Crippen molar-refractivity contribution in [2.24, 2.45) is 0 Å². The van der Waals surface area contributed by atoms with Crippen LogP contribution in [0.2, 0.25) is 0 Å². The maximum absolute atomic E-state index is 7.62. The molecular weight excluding hydrogens is 176 g/mol. The Hall–Kier alpha value is -0.960. The van der Waals surface area contributed by atoms with Crippen molar-refractivity contribution in [2.45, 2.75) is 12.5 Å². The van der Waals surface area contributed by atoms with Gasteiger partial charge in [-0.15, -0.1) is 0 Å². The van der Waals surface area contributed by atoms with Gasteiger partial charge in [0.05, 0.1) is 11.6 Å². The minimum Gasteiger partial charge on any atom is -0.495 e. The summed E-state index contributed by atoms with van der Waals surface area (Å²) in [5.74, 6) is 0.763. The van der Waals surface area contributed by atoms with Crippen LogP contribution in [-0.4, -0.2) is 18.4 Å². The number of nitrogens with one attached hydrogen (secondary N) is 2. The molecule has 0 aliphatic carbocycles. The Balaban J connectivity index is 2.26. The van der Waals surface area contributed by atoms with Gasteiger partial charge in [0, 0.05) is 18.3 Å². The van der Waals surface area contributed by atoms with Crippen LogP contribution in [0.3, 0.4) is 0 Å². The predicted molar refractivity (Wildman–Crippen MR) is 47.2 cm³/mol. The van der Waals surface area contributed by atoms with Gasteiger partial charge in [-0.25, -0.2) is 0 Å². The lowest BCUT2D eigenvalue weighted by Gasteiger charge is -2.29. The predicted octanol–water partition coefficient (Wildman–Crippen LogP) is 1.36. The number of allylic oxidation sites excluding steroid dienone is 2. The van der Waals surface area contributed by atoms with E-state index in [0.29, 0.717) is 23.8 Å². The van der Waals surface area contributed by atoms with Crippen molar-refractivity contribution in [3.05, 3.63) is 23.1 Å². The lowest BCUT2D eigenvalue weighted by Crippen LogP contribution is -2.41. The molecule has 3 nitrogen and oxygen atoms in total. The summed E-state index contributed by atoms with van der Waals surface area (Å²) >= 11 is 5.76. The van der Waals surface area contributed by atoms with E-state index in [1.807, 2.05) is 0 Å². The molecule has 12 heavy (non-hydrogen) atoms. The van der Waals surface area contributed by atoms with Gasteiger partial charge in [0.25, 0.3) is 0 Å². The van der Waals surface area contributed by atoms with Crippen LogP contribution in [0.15, 0.2) is 23.1 Å². The summed E-state index contributed by atoms with van der Waals surface area (Å²) in [5.41, 5.74) is 0.660. The molecule has 2 aliphatic rings. The van der Waals surface area contributed by atoms with Crippen molar-refractivity contribution < 1.29 is 4.74 Å². The molecule has 2 N–H and O–H groups in total. The fourth-order valence-corrected chi connectivity index (χ4v) is 1.50. The number of rotatable bonds is 0. The van der Waals surface area contributed by atoms with Crippen molar-refractivity contribution in [3.63, 3.8) is 0 Å². The number of halogens is 1. The SMILES string of the molecule is N=C1CCOC2=CC(Cl)=CNC12. The van der Waals surface area contributed by atoms with E-state index < -0.39 is 0 Å². The van der Waals surface area contributed by atoms with Gasteiger partial charge in [-0.1, -0.05) is 11.6 Å². The van der Waals surface area contributed by atoms with Crippen molar-refractivity contribution >= 4 is 17.3 Å². The first-order valence-corrected chi connectivity index (χ1v) is 4.18. The van der Waals surface area contributed by atoms with Gasteiger partial charge in [-0.05, 0) is 6.08 Å². The van der Waals surface area contributed by atoms with Gasteiger partial charge in [-0.3, -0.25) is 0 Å². The van der Waals surface area contributed by atoms with E-state index in [4.69, 9.17) is 21.7 Å². The van der Waals surface area contributed by atoms with Gasteiger partial charge in [0.2, 0.25) is 0 Å². The molecule has 1 saturated heterocycles. The van der Waals surface area contributed by atoms with E-state index in [9.17, 15) is 0 Å².